The lowest BCUT2D eigenvalue weighted by molar-refractivity contribution is 0.0301. The van der Waals surface area contributed by atoms with Gasteiger partial charge in [-0.25, -0.2) is 0 Å². The highest BCUT2D eigenvalue weighted by Gasteiger charge is 2.28. The molecule has 0 saturated heterocycles. The van der Waals surface area contributed by atoms with Crippen LogP contribution in [0.25, 0.3) is 0 Å². The highest BCUT2D eigenvalue weighted by Crippen LogP contribution is 2.22. The molecule has 0 aliphatic heterocycles. The van der Waals surface area contributed by atoms with Gasteiger partial charge in [-0.2, -0.15) is 0 Å². The minimum Gasteiger partial charge on any atom is -0.391 e. The minimum absolute atomic E-state index is 0.0698. The number of hydrogen-bond acceptors (Lipinski definition) is 3. The largest absolute Gasteiger partial charge is 0.391 e. The van der Waals surface area contributed by atoms with Crippen LogP contribution in [0.15, 0.2) is 121 Å². The topological polar surface area (TPSA) is 49.5 Å². The van der Waals surface area contributed by atoms with Crippen molar-refractivity contribution in [2.24, 2.45) is 5.73 Å². The zero-order valence-electron chi connectivity index (χ0n) is 20.3. The molecule has 0 aliphatic carbocycles. The van der Waals surface area contributed by atoms with Crippen molar-refractivity contribution in [1.29, 1.82) is 0 Å². The van der Waals surface area contributed by atoms with E-state index in [4.69, 9.17) is 5.73 Å². The summed E-state index contributed by atoms with van der Waals surface area (Å²) >= 11 is 0. The number of hydrogen-bond donors (Lipinski definition) is 2. The molecule has 0 aliphatic rings. The van der Waals surface area contributed by atoms with Gasteiger partial charge in [0, 0.05) is 25.2 Å². The van der Waals surface area contributed by atoms with Crippen LogP contribution in [0.2, 0.25) is 0 Å². The van der Waals surface area contributed by atoms with E-state index in [0.29, 0.717) is 6.42 Å². The quantitative estimate of drug-likeness (QED) is 0.286. The predicted octanol–water partition coefficient (Wildman–Crippen LogP) is 5.62. The zero-order valence-corrected chi connectivity index (χ0v) is 20.3. The first-order chi connectivity index (χ1) is 17.2. The standard InChI is InChI=1S/C32H36N2O/c33-30(21-26-13-5-1-6-14-26)23-32(35)31(22-27-15-7-2-8-16-27)34(24-28-17-9-3-10-18-28)25-29-19-11-4-12-20-29/h1-20,30-32,35H,21-25,33H2/t30-,31?,32?/m0/s1. The lowest BCUT2D eigenvalue weighted by atomic mass is 9.92. The molecule has 0 fully saturated rings. The van der Waals surface area contributed by atoms with Crippen molar-refractivity contribution in [3.8, 4) is 0 Å². The van der Waals surface area contributed by atoms with Crippen molar-refractivity contribution in [2.45, 2.75) is 50.5 Å². The van der Waals surface area contributed by atoms with Crippen molar-refractivity contribution in [1.82, 2.24) is 4.90 Å². The lowest BCUT2D eigenvalue weighted by Crippen LogP contribution is -2.46. The molecule has 3 atom stereocenters. The van der Waals surface area contributed by atoms with Crippen LogP contribution in [0.1, 0.15) is 28.7 Å². The second kappa shape index (κ2) is 13.0. The van der Waals surface area contributed by atoms with E-state index in [0.717, 1.165) is 25.9 Å². The Kier molecular flexibility index (Phi) is 9.24. The second-order valence-corrected chi connectivity index (χ2v) is 9.39. The van der Waals surface area contributed by atoms with Crippen LogP contribution in [0.5, 0.6) is 0 Å². The van der Waals surface area contributed by atoms with Crippen LogP contribution in [-0.2, 0) is 25.9 Å². The predicted molar refractivity (Wildman–Crippen MR) is 145 cm³/mol. The Labute approximate surface area is 209 Å². The molecule has 3 N–H and O–H groups in total. The average Bonchev–Trinajstić information content (AvgIpc) is 2.89. The third-order valence-electron chi connectivity index (χ3n) is 6.54. The molecule has 4 aromatic carbocycles. The molecule has 0 heterocycles. The fourth-order valence-electron chi connectivity index (χ4n) is 4.76. The fourth-order valence-corrected chi connectivity index (χ4v) is 4.76. The summed E-state index contributed by atoms with van der Waals surface area (Å²) in [6.45, 7) is 1.52. The lowest BCUT2D eigenvalue weighted by Gasteiger charge is -2.36. The van der Waals surface area contributed by atoms with Gasteiger partial charge in [0.2, 0.25) is 0 Å². The maximum absolute atomic E-state index is 11.6. The maximum atomic E-state index is 11.6. The van der Waals surface area contributed by atoms with E-state index in [-0.39, 0.29) is 12.1 Å². The Hall–Kier alpha value is -3.24. The van der Waals surface area contributed by atoms with Crippen molar-refractivity contribution in [3.63, 3.8) is 0 Å². The molecule has 35 heavy (non-hydrogen) atoms. The van der Waals surface area contributed by atoms with E-state index >= 15 is 0 Å². The molecule has 3 nitrogen and oxygen atoms in total. The normalized spacial score (nSPS) is 13.9. The van der Waals surface area contributed by atoms with Crippen molar-refractivity contribution < 1.29 is 5.11 Å². The Balaban J connectivity index is 1.58. The van der Waals surface area contributed by atoms with Gasteiger partial charge in [-0.3, -0.25) is 4.90 Å². The van der Waals surface area contributed by atoms with Crippen molar-refractivity contribution in [3.05, 3.63) is 144 Å². The van der Waals surface area contributed by atoms with Crippen LogP contribution in [0, 0.1) is 0 Å². The molecule has 4 aromatic rings. The van der Waals surface area contributed by atoms with E-state index in [9.17, 15) is 5.11 Å². The van der Waals surface area contributed by atoms with Gasteiger partial charge in [0.1, 0.15) is 0 Å². The Morgan fingerprint density at radius 3 is 1.34 bits per heavy atom. The summed E-state index contributed by atoms with van der Waals surface area (Å²) in [5, 5.41) is 11.6. The molecule has 0 amide bonds. The molecule has 0 aromatic heterocycles. The first kappa shape index (κ1) is 24.9. The van der Waals surface area contributed by atoms with Gasteiger partial charge < -0.3 is 10.8 Å². The second-order valence-electron chi connectivity index (χ2n) is 9.39. The molecule has 2 unspecified atom stereocenters. The van der Waals surface area contributed by atoms with Gasteiger partial charge in [-0.05, 0) is 41.5 Å². The molecule has 0 radical (unpaired) electrons. The zero-order chi connectivity index (χ0) is 24.3. The first-order valence-electron chi connectivity index (χ1n) is 12.5. The Morgan fingerprint density at radius 2 is 0.914 bits per heavy atom. The van der Waals surface area contributed by atoms with Crippen LogP contribution in [-0.4, -0.2) is 28.2 Å². The number of aliphatic hydroxyl groups excluding tert-OH is 1. The molecule has 3 heteroatoms. The SMILES string of the molecule is N[C@@H](Cc1ccccc1)CC(O)C(Cc1ccccc1)N(Cc1ccccc1)Cc1ccccc1. The summed E-state index contributed by atoms with van der Waals surface area (Å²) in [5.41, 5.74) is 11.5. The van der Waals surface area contributed by atoms with Gasteiger partial charge in [-0.1, -0.05) is 121 Å². The minimum atomic E-state index is -0.554. The smallest absolute Gasteiger partial charge is 0.0713 e. The van der Waals surface area contributed by atoms with Crippen LogP contribution in [0.4, 0.5) is 0 Å². The van der Waals surface area contributed by atoms with Gasteiger partial charge in [0.25, 0.3) is 0 Å². The summed E-state index contributed by atoms with van der Waals surface area (Å²) in [6, 6.07) is 41.6. The van der Waals surface area contributed by atoms with E-state index < -0.39 is 6.10 Å². The summed E-state index contributed by atoms with van der Waals surface area (Å²) in [7, 11) is 0. The number of nitrogens with two attached hydrogens (primary N) is 1. The average molecular weight is 465 g/mol. The first-order valence-corrected chi connectivity index (χ1v) is 12.5. The van der Waals surface area contributed by atoms with Crippen molar-refractivity contribution >= 4 is 0 Å². The van der Waals surface area contributed by atoms with Gasteiger partial charge in [-0.15, -0.1) is 0 Å². The number of benzene rings is 4. The maximum Gasteiger partial charge on any atom is 0.0713 e. The number of nitrogens with zero attached hydrogens (tertiary/aromatic N) is 1. The molecule has 0 saturated carbocycles. The third kappa shape index (κ3) is 7.90. The highest BCUT2D eigenvalue weighted by molar-refractivity contribution is 5.20. The summed E-state index contributed by atoms with van der Waals surface area (Å²) < 4.78 is 0. The number of aliphatic hydroxyl groups is 1. The summed E-state index contributed by atoms with van der Waals surface area (Å²) in [5.74, 6) is 0. The molecular formula is C32H36N2O. The van der Waals surface area contributed by atoms with E-state index in [1.54, 1.807) is 0 Å². The van der Waals surface area contributed by atoms with Crippen molar-refractivity contribution in [2.75, 3.05) is 0 Å². The molecule has 4 rings (SSSR count). The van der Waals surface area contributed by atoms with Crippen LogP contribution in [0.3, 0.4) is 0 Å². The molecule has 0 spiro atoms. The van der Waals surface area contributed by atoms with Gasteiger partial charge >= 0.3 is 0 Å². The van der Waals surface area contributed by atoms with E-state index in [1.807, 2.05) is 36.4 Å². The highest BCUT2D eigenvalue weighted by atomic mass is 16.3. The van der Waals surface area contributed by atoms with E-state index in [1.165, 1.54) is 22.3 Å². The number of rotatable bonds is 12. The third-order valence-corrected chi connectivity index (χ3v) is 6.54. The monoisotopic (exact) mass is 464 g/mol. The van der Waals surface area contributed by atoms with Gasteiger partial charge in [0.15, 0.2) is 0 Å². The summed E-state index contributed by atoms with van der Waals surface area (Å²) in [6.07, 6.45) is 1.51. The van der Waals surface area contributed by atoms with Crippen LogP contribution < -0.4 is 5.73 Å². The molecule has 0 bridgehead atoms. The van der Waals surface area contributed by atoms with E-state index in [2.05, 4.69) is 89.8 Å². The fraction of sp³-hybridized carbons (Fsp3) is 0.250. The Morgan fingerprint density at radius 1 is 0.543 bits per heavy atom. The Bertz CT molecular complexity index is 1060. The van der Waals surface area contributed by atoms with Gasteiger partial charge in [0.05, 0.1) is 6.10 Å². The molecule has 180 valence electrons. The molecular weight excluding hydrogens is 428 g/mol. The van der Waals surface area contributed by atoms with Crippen LogP contribution >= 0.6 is 0 Å². The summed E-state index contributed by atoms with van der Waals surface area (Å²) in [4.78, 5) is 2.41.